The molecular weight excluding hydrogens is 337 g/mol. The first-order valence-corrected chi connectivity index (χ1v) is 8.21. The highest BCUT2D eigenvalue weighted by molar-refractivity contribution is 5.76. The molecule has 0 aliphatic carbocycles. The summed E-state index contributed by atoms with van der Waals surface area (Å²) in [6.07, 6.45) is -2.53. The number of halogens is 3. The second-order valence-corrected chi connectivity index (χ2v) is 6.78. The van der Waals surface area contributed by atoms with Gasteiger partial charge in [0.1, 0.15) is 17.8 Å². The first kappa shape index (κ1) is 17.9. The standard InChI is InChI=1S/C16H21F3N4O2/c1-22(2)15(24)5-12-11-3-4-23(7-10(11)8-25-12)14-6-13(16(17,18)19)20-9-21-14/h6,9-12H,3-5,7-8H2,1-2H3/t10-,11-,12+/m1/s1. The van der Waals surface area contributed by atoms with Gasteiger partial charge in [0.2, 0.25) is 5.91 Å². The number of hydrogen-bond acceptors (Lipinski definition) is 5. The Hall–Kier alpha value is -1.90. The number of aromatic nitrogens is 2. The Kier molecular flexibility index (Phi) is 4.86. The van der Waals surface area contributed by atoms with Gasteiger partial charge in [0.05, 0.1) is 19.1 Å². The van der Waals surface area contributed by atoms with Crippen LogP contribution in [0.5, 0.6) is 0 Å². The summed E-state index contributed by atoms with van der Waals surface area (Å²) in [6.45, 7) is 1.68. The van der Waals surface area contributed by atoms with Crippen LogP contribution in [0.25, 0.3) is 0 Å². The quantitative estimate of drug-likeness (QED) is 0.825. The maximum atomic E-state index is 12.8. The van der Waals surface area contributed by atoms with Gasteiger partial charge < -0.3 is 14.5 Å². The van der Waals surface area contributed by atoms with Gasteiger partial charge in [-0.15, -0.1) is 0 Å². The number of hydrogen-bond donors (Lipinski definition) is 0. The van der Waals surface area contributed by atoms with Gasteiger partial charge in [0.15, 0.2) is 0 Å². The fourth-order valence-electron chi connectivity index (χ4n) is 3.53. The molecule has 9 heteroatoms. The van der Waals surface area contributed by atoms with Gasteiger partial charge in [-0.2, -0.15) is 13.2 Å². The zero-order chi connectivity index (χ0) is 18.2. The molecule has 0 saturated carbocycles. The van der Waals surface area contributed by atoms with Crippen LogP contribution in [-0.2, 0) is 15.7 Å². The van der Waals surface area contributed by atoms with Gasteiger partial charge in [0, 0.05) is 39.2 Å². The van der Waals surface area contributed by atoms with E-state index in [1.807, 2.05) is 4.90 Å². The first-order chi connectivity index (χ1) is 11.8. The molecule has 3 atom stereocenters. The van der Waals surface area contributed by atoms with Crippen molar-refractivity contribution in [1.82, 2.24) is 14.9 Å². The lowest BCUT2D eigenvalue weighted by molar-refractivity contribution is -0.141. The zero-order valence-electron chi connectivity index (χ0n) is 14.2. The van der Waals surface area contributed by atoms with Crippen LogP contribution in [-0.4, -0.2) is 60.7 Å². The molecule has 138 valence electrons. The topological polar surface area (TPSA) is 58.6 Å². The molecule has 2 aliphatic heterocycles. The van der Waals surface area contributed by atoms with E-state index in [1.165, 1.54) is 0 Å². The van der Waals surface area contributed by atoms with E-state index in [0.29, 0.717) is 26.1 Å². The Morgan fingerprint density at radius 1 is 1.40 bits per heavy atom. The Balaban J connectivity index is 1.66. The largest absolute Gasteiger partial charge is 0.433 e. The number of amides is 1. The van der Waals surface area contributed by atoms with Crippen LogP contribution in [0.3, 0.4) is 0 Å². The summed E-state index contributed by atoms with van der Waals surface area (Å²) in [4.78, 5) is 22.6. The summed E-state index contributed by atoms with van der Waals surface area (Å²) in [5, 5.41) is 0. The van der Waals surface area contributed by atoms with Crippen LogP contribution < -0.4 is 4.90 Å². The lowest BCUT2D eigenvalue weighted by Gasteiger charge is -2.36. The van der Waals surface area contributed by atoms with Crippen molar-refractivity contribution in [3.8, 4) is 0 Å². The van der Waals surface area contributed by atoms with Gasteiger partial charge >= 0.3 is 6.18 Å². The lowest BCUT2D eigenvalue weighted by Crippen LogP contribution is -2.42. The summed E-state index contributed by atoms with van der Waals surface area (Å²) in [6, 6.07) is 0.989. The molecule has 1 amide bonds. The molecule has 0 aromatic carbocycles. The van der Waals surface area contributed by atoms with E-state index in [-0.39, 0.29) is 29.7 Å². The number of fused-ring (bicyclic) bond motifs is 1. The summed E-state index contributed by atoms with van der Waals surface area (Å²) in [7, 11) is 3.43. The summed E-state index contributed by atoms with van der Waals surface area (Å²) in [5.41, 5.74) is -0.934. The van der Waals surface area contributed by atoms with Crippen LogP contribution >= 0.6 is 0 Å². The van der Waals surface area contributed by atoms with Crippen molar-refractivity contribution in [3.05, 3.63) is 18.1 Å². The molecule has 3 heterocycles. The predicted molar refractivity (Wildman–Crippen MR) is 83.9 cm³/mol. The summed E-state index contributed by atoms with van der Waals surface area (Å²) < 4.78 is 44.3. The minimum absolute atomic E-state index is 0.0266. The third kappa shape index (κ3) is 3.86. The molecule has 25 heavy (non-hydrogen) atoms. The Morgan fingerprint density at radius 3 is 2.84 bits per heavy atom. The van der Waals surface area contributed by atoms with E-state index in [9.17, 15) is 18.0 Å². The van der Waals surface area contributed by atoms with Crippen molar-refractivity contribution in [2.24, 2.45) is 11.8 Å². The van der Waals surface area contributed by atoms with E-state index in [0.717, 1.165) is 18.8 Å². The number of rotatable bonds is 3. The molecule has 0 bridgehead atoms. The third-order valence-corrected chi connectivity index (χ3v) is 4.94. The SMILES string of the molecule is CN(C)C(=O)C[C@@H]1OC[C@H]2CN(c3cc(C(F)(F)F)ncn3)CC[C@H]21. The number of ether oxygens (including phenoxy) is 1. The summed E-state index contributed by atoms with van der Waals surface area (Å²) >= 11 is 0. The van der Waals surface area contributed by atoms with E-state index < -0.39 is 11.9 Å². The van der Waals surface area contributed by atoms with Crippen LogP contribution in [0.15, 0.2) is 12.4 Å². The molecule has 1 aromatic rings. The van der Waals surface area contributed by atoms with Crippen molar-refractivity contribution < 1.29 is 22.7 Å². The second kappa shape index (κ2) is 6.78. The molecule has 0 spiro atoms. The van der Waals surface area contributed by atoms with Crippen molar-refractivity contribution in [2.75, 3.05) is 38.7 Å². The Bertz CT molecular complexity index is 638. The average molecular weight is 358 g/mol. The molecule has 2 saturated heterocycles. The number of carbonyl (C=O) groups is 1. The van der Waals surface area contributed by atoms with E-state index in [1.54, 1.807) is 19.0 Å². The van der Waals surface area contributed by atoms with Crippen molar-refractivity contribution in [2.45, 2.75) is 25.1 Å². The van der Waals surface area contributed by atoms with E-state index in [4.69, 9.17) is 4.74 Å². The Labute approximate surface area is 144 Å². The normalized spacial score (nSPS) is 26.4. The zero-order valence-corrected chi connectivity index (χ0v) is 14.2. The fourth-order valence-corrected chi connectivity index (χ4v) is 3.53. The molecular formula is C16H21F3N4O2. The van der Waals surface area contributed by atoms with Crippen molar-refractivity contribution in [1.29, 1.82) is 0 Å². The molecule has 0 radical (unpaired) electrons. The first-order valence-electron chi connectivity index (χ1n) is 8.21. The van der Waals surface area contributed by atoms with Gasteiger partial charge in [-0.1, -0.05) is 0 Å². The second-order valence-electron chi connectivity index (χ2n) is 6.78. The van der Waals surface area contributed by atoms with Crippen LogP contribution in [0.4, 0.5) is 19.0 Å². The molecule has 3 rings (SSSR count). The molecule has 6 nitrogen and oxygen atoms in total. The maximum absolute atomic E-state index is 12.8. The third-order valence-electron chi connectivity index (χ3n) is 4.94. The van der Waals surface area contributed by atoms with Crippen LogP contribution in [0.2, 0.25) is 0 Å². The Morgan fingerprint density at radius 2 is 2.16 bits per heavy atom. The highest BCUT2D eigenvalue weighted by Gasteiger charge is 2.42. The molecule has 2 fully saturated rings. The maximum Gasteiger partial charge on any atom is 0.433 e. The van der Waals surface area contributed by atoms with Gasteiger partial charge in [0.25, 0.3) is 0 Å². The van der Waals surface area contributed by atoms with Crippen molar-refractivity contribution >= 4 is 11.7 Å². The van der Waals surface area contributed by atoms with Gasteiger partial charge in [-0.05, 0) is 12.3 Å². The molecule has 1 aromatic heterocycles. The number of anilines is 1. The van der Waals surface area contributed by atoms with E-state index >= 15 is 0 Å². The van der Waals surface area contributed by atoms with Crippen LogP contribution in [0, 0.1) is 11.8 Å². The minimum atomic E-state index is -4.48. The fraction of sp³-hybridized carbons (Fsp3) is 0.688. The number of carbonyl (C=O) groups excluding carboxylic acids is 1. The minimum Gasteiger partial charge on any atom is -0.377 e. The number of piperidine rings is 1. The molecule has 0 N–H and O–H groups in total. The predicted octanol–water partition coefficient (Wildman–Crippen LogP) is 1.81. The molecule has 0 unspecified atom stereocenters. The average Bonchev–Trinajstić information content (AvgIpc) is 2.96. The monoisotopic (exact) mass is 358 g/mol. The van der Waals surface area contributed by atoms with Crippen molar-refractivity contribution in [3.63, 3.8) is 0 Å². The van der Waals surface area contributed by atoms with Gasteiger partial charge in [-0.25, -0.2) is 9.97 Å². The highest BCUT2D eigenvalue weighted by atomic mass is 19.4. The van der Waals surface area contributed by atoms with Gasteiger partial charge in [-0.3, -0.25) is 4.79 Å². The lowest BCUT2D eigenvalue weighted by atomic mass is 9.83. The van der Waals surface area contributed by atoms with E-state index in [2.05, 4.69) is 9.97 Å². The molecule has 2 aliphatic rings. The number of nitrogens with zero attached hydrogens (tertiary/aromatic N) is 4. The smallest absolute Gasteiger partial charge is 0.377 e. The highest BCUT2D eigenvalue weighted by Crippen LogP contribution is 2.37. The van der Waals surface area contributed by atoms with Crippen LogP contribution in [0.1, 0.15) is 18.5 Å². The summed E-state index contributed by atoms with van der Waals surface area (Å²) in [5.74, 6) is 0.759. The number of alkyl halides is 3.